The zero-order valence-corrected chi connectivity index (χ0v) is 25.4. The third-order valence-electron chi connectivity index (χ3n) is 7.76. The molecule has 1 aliphatic rings. The van der Waals surface area contributed by atoms with E-state index in [4.69, 9.17) is 16.3 Å². The van der Waals surface area contributed by atoms with Crippen molar-refractivity contribution in [1.29, 1.82) is 0 Å². The summed E-state index contributed by atoms with van der Waals surface area (Å²) >= 11 is 6.41. The summed E-state index contributed by atoms with van der Waals surface area (Å²) in [5, 5.41) is 11.4. The lowest BCUT2D eigenvalue weighted by molar-refractivity contribution is -0.120. The van der Waals surface area contributed by atoms with Crippen LogP contribution >= 0.6 is 11.6 Å². The molecule has 0 radical (unpaired) electrons. The van der Waals surface area contributed by atoms with E-state index in [9.17, 15) is 19.5 Å². The van der Waals surface area contributed by atoms with E-state index in [0.717, 1.165) is 54.1 Å². The molecule has 0 saturated carbocycles. The summed E-state index contributed by atoms with van der Waals surface area (Å²) in [7, 11) is 1.38. The van der Waals surface area contributed by atoms with Crippen molar-refractivity contribution in [3.05, 3.63) is 107 Å². The number of anilines is 3. The van der Waals surface area contributed by atoms with Crippen molar-refractivity contribution in [2.75, 3.05) is 30.1 Å². The lowest BCUT2D eigenvalue weighted by atomic mass is 10.0. The SMILES string of the molecule is COc1cc(CC(=O)NN(c2ccc(-c3ccc(C(C)=O)cc3)cc2)c2ccccc2N2CCCCC2)c(Cl)cc1C(=O)O. The van der Waals surface area contributed by atoms with Crippen molar-refractivity contribution in [3.63, 3.8) is 0 Å². The Labute approximate surface area is 261 Å². The molecule has 0 aromatic heterocycles. The first-order chi connectivity index (χ1) is 21.2. The number of carbonyl (C=O) groups is 3. The van der Waals surface area contributed by atoms with E-state index in [1.165, 1.54) is 25.7 Å². The van der Waals surface area contributed by atoms with Crippen LogP contribution < -0.4 is 20.1 Å². The van der Waals surface area contributed by atoms with Gasteiger partial charge in [-0.1, -0.05) is 60.1 Å². The summed E-state index contributed by atoms with van der Waals surface area (Å²) in [6, 6.07) is 26.1. The van der Waals surface area contributed by atoms with Gasteiger partial charge in [-0.25, -0.2) is 4.79 Å². The van der Waals surface area contributed by atoms with Gasteiger partial charge in [0.1, 0.15) is 11.3 Å². The van der Waals surface area contributed by atoms with Crippen LogP contribution in [-0.4, -0.2) is 43.0 Å². The number of rotatable bonds is 10. The second kappa shape index (κ2) is 13.7. The van der Waals surface area contributed by atoms with Crippen LogP contribution in [0.4, 0.5) is 17.1 Å². The predicted molar refractivity (Wildman–Crippen MR) is 173 cm³/mol. The maximum absolute atomic E-state index is 13.6. The molecule has 8 nitrogen and oxygen atoms in total. The van der Waals surface area contributed by atoms with Gasteiger partial charge in [0.15, 0.2) is 5.78 Å². The Hall–Kier alpha value is -4.82. The number of hydrogen-bond donors (Lipinski definition) is 2. The zero-order chi connectivity index (χ0) is 31.2. The van der Waals surface area contributed by atoms with Crippen LogP contribution in [0.25, 0.3) is 11.1 Å². The molecule has 1 saturated heterocycles. The minimum atomic E-state index is -1.17. The predicted octanol–water partition coefficient (Wildman–Crippen LogP) is 7.32. The summed E-state index contributed by atoms with van der Waals surface area (Å²) in [4.78, 5) is 39.2. The van der Waals surface area contributed by atoms with E-state index in [0.29, 0.717) is 11.1 Å². The molecule has 0 aliphatic carbocycles. The van der Waals surface area contributed by atoms with Crippen LogP contribution in [0.1, 0.15) is 52.5 Å². The number of hydrazine groups is 1. The lowest BCUT2D eigenvalue weighted by Gasteiger charge is -2.34. The summed E-state index contributed by atoms with van der Waals surface area (Å²) in [6.07, 6.45) is 3.30. The molecule has 9 heteroatoms. The van der Waals surface area contributed by atoms with Gasteiger partial charge in [0.2, 0.25) is 5.91 Å². The Morgan fingerprint density at radius 2 is 1.55 bits per heavy atom. The first-order valence-corrected chi connectivity index (χ1v) is 14.9. The number of hydrogen-bond acceptors (Lipinski definition) is 6. The zero-order valence-electron chi connectivity index (χ0n) is 24.7. The number of halogens is 1. The van der Waals surface area contributed by atoms with Crippen molar-refractivity contribution in [1.82, 2.24) is 5.43 Å². The van der Waals surface area contributed by atoms with Crippen molar-refractivity contribution in [3.8, 4) is 16.9 Å². The van der Waals surface area contributed by atoms with Crippen LogP contribution in [0.15, 0.2) is 84.9 Å². The molecule has 5 rings (SSSR count). The number of ether oxygens (including phenoxy) is 1. The first kappa shape index (κ1) is 30.6. The minimum Gasteiger partial charge on any atom is -0.496 e. The largest absolute Gasteiger partial charge is 0.496 e. The van der Waals surface area contributed by atoms with Gasteiger partial charge < -0.3 is 14.7 Å². The molecule has 0 atom stereocenters. The van der Waals surface area contributed by atoms with Crippen molar-refractivity contribution < 1.29 is 24.2 Å². The van der Waals surface area contributed by atoms with E-state index in [1.54, 1.807) is 11.9 Å². The van der Waals surface area contributed by atoms with Gasteiger partial charge in [-0.15, -0.1) is 0 Å². The molecule has 1 aliphatic heterocycles. The highest BCUT2D eigenvalue weighted by Gasteiger charge is 2.22. The summed E-state index contributed by atoms with van der Waals surface area (Å²) in [5.74, 6) is -1.36. The van der Waals surface area contributed by atoms with Gasteiger partial charge in [-0.2, -0.15) is 0 Å². The maximum Gasteiger partial charge on any atom is 0.339 e. The van der Waals surface area contributed by atoms with Gasteiger partial charge in [0, 0.05) is 23.7 Å². The van der Waals surface area contributed by atoms with Crippen LogP contribution in [0.5, 0.6) is 5.75 Å². The van der Waals surface area contributed by atoms with Gasteiger partial charge in [0.25, 0.3) is 0 Å². The molecular formula is C35H34ClN3O5. The summed E-state index contributed by atoms with van der Waals surface area (Å²) in [5.41, 5.74) is 8.63. The van der Waals surface area contributed by atoms with Crippen LogP contribution in [0.3, 0.4) is 0 Å². The lowest BCUT2D eigenvalue weighted by Crippen LogP contribution is -2.41. The first-order valence-electron chi connectivity index (χ1n) is 14.5. The average Bonchev–Trinajstić information content (AvgIpc) is 3.05. The second-order valence-electron chi connectivity index (χ2n) is 10.7. The van der Waals surface area contributed by atoms with E-state index in [-0.39, 0.29) is 34.4 Å². The van der Waals surface area contributed by atoms with E-state index >= 15 is 0 Å². The molecular weight excluding hydrogens is 578 g/mol. The number of carboxylic acids is 1. The number of aromatic carboxylic acids is 1. The molecule has 0 bridgehead atoms. The third kappa shape index (κ3) is 6.87. The van der Waals surface area contributed by atoms with Crippen LogP contribution in [0, 0.1) is 0 Å². The molecule has 1 fully saturated rings. The molecule has 226 valence electrons. The smallest absolute Gasteiger partial charge is 0.339 e. The highest BCUT2D eigenvalue weighted by Crippen LogP contribution is 2.36. The number of amides is 1. The monoisotopic (exact) mass is 611 g/mol. The van der Waals surface area contributed by atoms with Crippen molar-refractivity contribution in [2.24, 2.45) is 0 Å². The number of methoxy groups -OCH3 is 1. The molecule has 44 heavy (non-hydrogen) atoms. The summed E-state index contributed by atoms with van der Waals surface area (Å²) < 4.78 is 5.25. The van der Waals surface area contributed by atoms with Gasteiger partial charge in [0.05, 0.1) is 30.6 Å². The molecule has 1 amide bonds. The number of benzene rings is 4. The van der Waals surface area contributed by atoms with Gasteiger partial charge in [-0.05, 0) is 79.3 Å². The number of Topliss-reactive ketones (excluding diaryl/α,β-unsaturated/α-hetero) is 1. The Morgan fingerprint density at radius 1 is 0.909 bits per heavy atom. The second-order valence-corrected chi connectivity index (χ2v) is 11.1. The van der Waals surface area contributed by atoms with E-state index in [1.807, 2.05) is 66.7 Å². The Balaban J connectivity index is 1.48. The Bertz CT molecular complexity index is 1670. The number of ketones is 1. The Morgan fingerprint density at radius 3 is 2.16 bits per heavy atom. The van der Waals surface area contributed by atoms with Gasteiger partial charge in [-0.3, -0.25) is 20.0 Å². The Kier molecular flexibility index (Phi) is 9.50. The highest BCUT2D eigenvalue weighted by molar-refractivity contribution is 6.32. The minimum absolute atomic E-state index is 0.0169. The molecule has 0 unspecified atom stereocenters. The number of carbonyl (C=O) groups excluding carboxylic acids is 2. The highest BCUT2D eigenvalue weighted by atomic mass is 35.5. The topological polar surface area (TPSA) is 99.2 Å². The van der Waals surface area contributed by atoms with Crippen LogP contribution in [0.2, 0.25) is 5.02 Å². The molecule has 4 aromatic carbocycles. The number of piperidine rings is 1. The van der Waals surface area contributed by atoms with Crippen molar-refractivity contribution >= 4 is 46.3 Å². The van der Waals surface area contributed by atoms with E-state index < -0.39 is 5.97 Å². The molecule has 0 spiro atoms. The number of nitrogens with zero attached hydrogens (tertiary/aromatic N) is 2. The van der Waals surface area contributed by atoms with Gasteiger partial charge >= 0.3 is 5.97 Å². The summed E-state index contributed by atoms with van der Waals surface area (Å²) in [6.45, 7) is 3.41. The fourth-order valence-corrected chi connectivity index (χ4v) is 5.65. The van der Waals surface area contributed by atoms with E-state index in [2.05, 4.69) is 16.4 Å². The number of para-hydroxylation sites is 2. The average molecular weight is 612 g/mol. The molecule has 4 aromatic rings. The maximum atomic E-state index is 13.6. The fourth-order valence-electron chi connectivity index (χ4n) is 5.42. The number of nitrogens with one attached hydrogen (secondary N) is 1. The van der Waals surface area contributed by atoms with Crippen molar-refractivity contribution in [2.45, 2.75) is 32.6 Å². The normalized spacial score (nSPS) is 12.8. The quantitative estimate of drug-likeness (QED) is 0.143. The fraction of sp³-hybridized carbons (Fsp3) is 0.229. The molecule has 2 N–H and O–H groups in total. The number of carboxylic acid groups (broad SMARTS) is 1. The molecule has 1 heterocycles. The van der Waals surface area contributed by atoms with Crippen LogP contribution in [-0.2, 0) is 11.2 Å². The standard InChI is InChI=1S/C35H34ClN3O5/c1-23(40)24-10-12-25(13-11-24)26-14-16-28(17-15-26)39(32-9-5-4-8-31(32)38-18-6-3-7-19-38)37-34(41)21-27-20-33(44-2)29(35(42)43)22-30(27)36/h4-5,8-17,20,22H,3,6-7,18-19,21H2,1-2H3,(H,37,41)(H,42,43). The third-order valence-corrected chi connectivity index (χ3v) is 8.11.